The molecule has 0 aliphatic heterocycles. The first kappa shape index (κ1) is 23.2. The molecule has 0 amide bonds. The lowest BCUT2D eigenvalue weighted by molar-refractivity contribution is 0.361. The Balaban J connectivity index is 0.00000529. The highest BCUT2D eigenvalue weighted by atomic mass is 127. The highest BCUT2D eigenvalue weighted by Crippen LogP contribution is 2.18. The van der Waals surface area contributed by atoms with Gasteiger partial charge in [0.2, 0.25) is 0 Å². The van der Waals surface area contributed by atoms with Gasteiger partial charge in [-0.3, -0.25) is 9.67 Å². The van der Waals surface area contributed by atoms with Gasteiger partial charge in [0.05, 0.1) is 12.2 Å². The van der Waals surface area contributed by atoms with Crippen LogP contribution in [0.1, 0.15) is 44.9 Å². The second-order valence-electron chi connectivity index (χ2n) is 6.36. The maximum Gasteiger partial charge on any atom is 0.194 e. The van der Waals surface area contributed by atoms with Gasteiger partial charge in [0.1, 0.15) is 0 Å². The summed E-state index contributed by atoms with van der Waals surface area (Å²) >= 11 is 0. The van der Waals surface area contributed by atoms with Crippen molar-refractivity contribution in [2.75, 3.05) is 40.3 Å². The first-order valence-electron chi connectivity index (χ1n) is 8.59. The van der Waals surface area contributed by atoms with E-state index in [4.69, 9.17) is 4.99 Å². The number of likely N-dealkylation sites (N-methyl/N-ethyl adjacent to an activating group) is 1. The fourth-order valence-electron chi connectivity index (χ4n) is 2.45. The van der Waals surface area contributed by atoms with Gasteiger partial charge in [-0.05, 0) is 26.4 Å². The van der Waals surface area contributed by atoms with Gasteiger partial charge in [0, 0.05) is 45.5 Å². The number of aryl methyl sites for hydroxylation is 1. The molecule has 0 aliphatic carbocycles. The van der Waals surface area contributed by atoms with Crippen LogP contribution in [0.5, 0.6) is 0 Å². The van der Waals surface area contributed by atoms with Gasteiger partial charge in [0.25, 0.3) is 0 Å². The van der Waals surface area contributed by atoms with Crippen LogP contribution >= 0.6 is 24.0 Å². The van der Waals surface area contributed by atoms with E-state index >= 15 is 0 Å². The molecule has 0 aromatic carbocycles. The molecule has 6 nitrogen and oxygen atoms in total. The van der Waals surface area contributed by atoms with Crippen molar-refractivity contribution < 1.29 is 0 Å². The minimum absolute atomic E-state index is 0. The van der Waals surface area contributed by atoms with Crippen molar-refractivity contribution in [1.29, 1.82) is 0 Å². The van der Waals surface area contributed by atoms with Gasteiger partial charge in [-0.2, -0.15) is 5.10 Å². The van der Waals surface area contributed by atoms with Crippen LogP contribution < -0.4 is 5.32 Å². The summed E-state index contributed by atoms with van der Waals surface area (Å²) in [5.41, 5.74) is 2.43. The molecule has 0 saturated carbocycles. The summed E-state index contributed by atoms with van der Waals surface area (Å²) in [7, 11) is 6.19. The first-order valence-corrected chi connectivity index (χ1v) is 8.59. The van der Waals surface area contributed by atoms with Crippen molar-refractivity contribution in [3.63, 3.8) is 0 Å². The van der Waals surface area contributed by atoms with E-state index in [1.807, 2.05) is 11.7 Å². The van der Waals surface area contributed by atoms with E-state index in [1.54, 1.807) is 0 Å². The molecular formula is C17H35IN6. The molecule has 0 aliphatic rings. The third kappa shape index (κ3) is 7.38. The van der Waals surface area contributed by atoms with E-state index in [1.165, 1.54) is 11.3 Å². The fourth-order valence-corrected chi connectivity index (χ4v) is 2.45. The Hall–Kier alpha value is -0.830. The smallest absolute Gasteiger partial charge is 0.194 e. The maximum absolute atomic E-state index is 4.74. The zero-order valence-electron chi connectivity index (χ0n) is 16.3. The van der Waals surface area contributed by atoms with Crippen LogP contribution in [0.4, 0.5) is 0 Å². The second kappa shape index (κ2) is 11.7. The Morgan fingerprint density at radius 1 is 1.33 bits per heavy atom. The predicted octanol–water partition coefficient (Wildman–Crippen LogP) is 2.51. The van der Waals surface area contributed by atoms with Gasteiger partial charge >= 0.3 is 0 Å². The summed E-state index contributed by atoms with van der Waals surface area (Å²) in [6.07, 6.45) is 2.11. The van der Waals surface area contributed by atoms with Crippen molar-refractivity contribution in [2.24, 2.45) is 12.0 Å². The summed E-state index contributed by atoms with van der Waals surface area (Å²) in [6, 6.07) is 0. The lowest BCUT2D eigenvalue weighted by atomic mass is 10.1. The van der Waals surface area contributed by atoms with Crippen molar-refractivity contribution in [1.82, 2.24) is 24.9 Å². The molecule has 140 valence electrons. The van der Waals surface area contributed by atoms with Gasteiger partial charge in [-0.25, -0.2) is 0 Å². The molecule has 0 fully saturated rings. The summed E-state index contributed by atoms with van der Waals surface area (Å²) in [4.78, 5) is 9.19. The zero-order valence-corrected chi connectivity index (χ0v) is 18.7. The molecule has 0 atom stereocenters. The molecule has 0 unspecified atom stereocenters. The van der Waals surface area contributed by atoms with Gasteiger partial charge in [0.15, 0.2) is 5.96 Å². The van der Waals surface area contributed by atoms with Crippen LogP contribution in [-0.4, -0.2) is 65.8 Å². The monoisotopic (exact) mass is 450 g/mol. The first-order chi connectivity index (χ1) is 10.9. The topological polar surface area (TPSA) is 48.7 Å². The molecule has 1 N–H and O–H groups in total. The summed E-state index contributed by atoms with van der Waals surface area (Å²) in [5, 5.41) is 7.97. The third-order valence-corrected chi connectivity index (χ3v) is 3.87. The number of halogens is 1. The van der Waals surface area contributed by atoms with Crippen LogP contribution in [0.2, 0.25) is 0 Å². The van der Waals surface area contributed by atoms with E-state index in [2.05, 4.69) is 68.2 Å². The van der Waals surface area contributed by atoms with Crippen LogP contribution in [0.15, 0.2) is 11.2 Å². The van der Waals surface area contributed by atoms with Crippen LogP contribution in [0.25, 0.3) is 0 Å². The lowest BCUT2D eigenvalue weighted by Gasteiger charge is -2.23. The van der Waals surface area contributed by atoms with Crippen LogP contribution in [0.3, 0.4) is 0 Å². The zero-order chi connectivity index (χ0) is 17.4. The molecule has 0 bridgehead atoms. The largest absolute Gasteiger partial charge is 0.357 e. The number of aliphatic imine (C=N–C) groups is 1. The normalized spacial score (nSPS) is 11.8. The number of rotatable bonds is 8. The van der Waals surface area contributed by atoms with Gasteiger partial charge < -0.3 is 15.1 Å². The molecule has 7 heteroatoms. The highest BCUT2D eigenvalue weighted by molar-refractivity contribution is 14.0. The van der Waals surface area contributed by atoms with Crippen molar-refractivity contribution in [2.45, 2.75) is 40.2 Å². The highest BCUT2D eigenvalue weighted by Gasteiger charge is 2.15. The molecule has 0 radical (unpaired) electrons. The van der Waals surface area contributed by atoms with Crippen molar-refractivity contribution in [3.05, 3.63) is 17.5 Å². The Labute approximate surface area is 164 Å². The molecular weight excluding hydrogens is 415 g/mol. The summed E-state index contributed by atoms with van der Waals surface area (Å²) < 4.78 is 1.90. The van der Waals surface area contributed by atoms with Gasteiger partial charge in [-0.1, -0.05) is 20.8 Å². The standard InChI is InChI=1S/C17H34N6.HI/c1-8-18-17(19-10-11-21(5)9-2)22(6)12-15-13-23(7)20-16(15)14(3)4;/h13-14H,8-12H2,1-7H3,(H,18,19);1H. The average molecular weight is 450 g/mol. The molecule has 1 heterocycles. The second-order valence-corrected chi connectivity index (χ2v) is 6.36. The molecule has 1 aromatic rings. The minimum atomic E-state index is 0. The number of guanidine groups is 1. The molecule has 1 aromatic heterocycles. The van der Waals surface area contributed by atoms with E-state index in [-0.39, 0.29) is 24.0 Å². The van der Waals surface area contributed by atoms with E-state index in [9.17, 15) is 0 Å². The number of hydrogen-bond acceptors (Lipinski definition) is 3. The molecule has 24 heavy (non-hydrogen) atoms. The third-order valence-electron chi connectivity index (χ3n) is 3.87. The van der Waals surface area contributed by atoms with E-state index in [0.29, 0.717) is 5.92 Å². The number of hydrogen-bond donors (Lipinski definition) is 1. The number of aromatic nitrogens is 2. The SMILES string of the molecule is CCNC(=NCCN(C)CC)N(C)Cc1cn(C)nc1C(C)C.I. The maximum atomic E-state index is 4.74. The Morgan fingerprint density at radius 2 is 2.00 bits per heavy atom. The Kier molecular flexibility index (Phi) is 11.3. The van der Waals surface area contributed by atoms with Gasteiger partial charge in [-0.15, -0.1) is 24.0 Å². The predicted molar refractivity (Wildman–Crippen MR) is 113 cm³/mol. The summed E-state index contributed by atoms with van der Waals surface area (Å²) in [5.74, 6) is 1.38. The Morgan fingerprint density at radius 3 is 2.54 bits per heavy atom. The summed E-state index contributed by atoms with van der Waals surface area (Å²) in [6.45, 7) is 13.2. The number of nitrogens with zero attached hydrogens (tertiary/aromatic N) is 5. The van der Waals surface area contributed by atoms with Crippen LogP contribution in [0, 0.1) is 0 Å². The quantitative estimate of drug-likeness (QED) is 0.376. The van der Waals surface area contributed by atoms with E-state index < -0.39 is 0 Å². The fraction of sp³-hybridized carbons (Fsp3) is 0.765. The van der Waals surface area contributed by atoms with E-state index in [0.717, 1.165) is 38.7 Å². The van der Waals surface area contributed by atoms with Crippen molar-refractivity contribution in [3.8, 4) is 0 Å². The lowest BCUT2D eigenvalue weighted by Crippen LogP contribution is -2.39. The molecule has 0 spiro atoms. The minimum Gasteiger partial charge on any atom is -0.357 e. The number of nitrogens with one attached hydrogen (secondary N) is 1. The molecule has 1 rings (SSSR count). The van der Waals surface area contributed by atoms with Crippen molar-refractivity contribution >= 4 is 29.9 Å². The molecule has 0 saturated heterocycles. The Bertz CT molecular complexity index is 497. The van der Waals surface area contributed by atoms with Crippen LogP contribution in [-0.2, 0) is 13.6 Å². The average Bonchev–Trinajstić information content (AvgIpc) is 2.86.